The summed E-state index contributed by atoms with van der Waals surface area (Å²) in [6, 6.07) is 27.8. The molecule has 0 aliphatic heterocycles. The maximum atomic E-state index is 12.8. The van der Waals surface area contributed by atoms with Crippen molar-refractivity contribution in [2.24, 2.45) is 0 Å². The van der Waals surface area contributed by atoms with Crippen molar-refractivity contribution in [3.05, 3.63) is 125 Å². The molecule has 7 heteroatoms. The van der Waals surface area contributed by atoms with E-state index in [1.165, 1.54) is 6.39 Å². The number of hydrogen-bond acceptors (Lipinski definition) is 4. The van der Waals surface area contributed by atoms with Crippen molar-refractivity contribution in [2.45, 2.75) is 6.92 Å². The van der Waals surface area contributed by atoms with Crippen LogP contribution in [0.1, 0.15) is 26.3 Å². The summed E-state index contributed by atoms with van der Waals surface area (Å²) in [6.07, 6.45) is 3.02. The summed E-state index contributed by atoms with van der Waals surface area (Å²) in [4.78, 5) is 29.3. The van der Waals surface area contributed by atoms with Crippen molar-refractivity contribution in [1.29, 1.82) is 0 Å². The minimum absolute atomic E-state index is 0.178. The van der Waals surface area contributed by atoms with E-state index in [1.807, 2.05) is 73.7 Å². The molecule has 0 aliphatic rings. The normalized spacial score (nSPS) is 10.6. The molecule has 0 fully saturated rings. The van der Waals surface area contributed by atoms with Gasteiger partial charge in [-0.25, -0.2) is 4.98 Å². The van der Waals surface area contributed by atoms with Crippen molar-refractivity contribution < 1.29 is 14.0 Å². The molecule has 0 bridgehead atoms. The zero-order valence-electron chi connectivity index (χ0n) is 19.9. The Morgan fingerprint density at radius 1 is 0.730 bits per heavy atom. The number of oxazole rings is 1. The first-order chi connectivity index (χ1) is 18.0. The SMILES string of the molecule is Cc1ccc(NC(=O)c2ccc(Br)cc2)cc1-c1ccc(C(=O)Nc2ccc(-c3cnco3)cc2)cc1. The van der Waals surface area contributed by atoms with Crippen LogP contribution in [0.2, 0.25) is 0 Å². The Balaban J connectivity index is 1.28. The van der Waals surface area contributed by atoms with Crippen LogP contribution in [0.25, 0.3) is 22.5 Å². The highest BCUT2D eigenvalue weighted by atomic mass is 79.9. The molecule has 4 aromatic carbocycles. The van der Waals surface area contributed by atoms with Crippen molar-refractivity contribution in [1.82, 2.24) is 4.98 Å². The molecule has 1 aromatic heterocycles. The molecule has 0 spiro atoms. The highest BCUT2D eigenvalue weighted by molar-refractivity contribution is 9.10. The third-order valence-corrected chi connectivity index (χ3v) is 6.45. The molecule has 5 aromatic rings. The number of carbonyl (C=O) groups is 2. The maximum absolute atomic E-state index is 12.8. The second kappa shape index (κ2) is 10.6. The van der Waals surface area contributed by atoms with E-state index in [-0.39, 0.29) is 11.8 Å². The summed E-state index contributed by atoms with van der Waals surface area (Å²) in [5.74, 6) is 0.287. The number of anilines is 2. The summed E-state index contributed by atoms with van der Waals surface area (Å²) >= 11 is 3.38. The molecule has 5 rings (SSSR count). The van der Waals surface area contributed by atoms with E-state index in [0.717, 1.165) is 26.7 Å². The van der Waals surface area contributed by atoms with Crippen molar-refractivity contribution in [2.75, 3.05) is 10.6 Å². The lowest BCUT2D eigenvalue weighted by Crippen LogP contribution is -2.12. The van der Waals surface area contributed by atoms with Gasteiger partial charge in [0.2, 0.25) is 0 Å². The molecular formula is C30H22BrN3O3. The number of rotatable bonds is 6. The lowest BCUT2D eigenvalue weighted by atomic mass is 9.98. The van der Waals surface area contributed by atoms with Gasteiger partial charge in [-0.2, -0.15) is 0 Å². The first kappa shape index (κ1) is 24.2. The molecule has 0 unspecified atom stereocenters. The number of aromatic nitrogens is 1. The Bertz CT molecular complexity index is 1540. The fourth-order valence-corrected chi connectivity index (χ4v) is 4.16. The highest BCUT2D eigenvalue weighted by Crippen LogP contribution is 2.28. The Morgan fingerprint density at radius 2 is 1.30 bits per heavy atom. The predicted octanol–water partition coefficient (Wildman–Crippen LogP) is 7.58. The van der Waals surface area contributed by atoms with Gasteiger partial charge in [0.15, 0.2) is 12.2 Å². The second-order valence-electron chi connectivity index (χ2n) is 8.47. The number of nitrogens with zero attached hydrogens (tertiary/aromatic N) is 1. The fourth-order valence-electron chi connectivity index (χ4n) is 3.90. The van der Waals surface area contributed by atoms with E-state index >= 15 is 0 Å². The van der Waals surface area contributed by atoms with Crippen LogP contribution in [0.5, 0.6) is 0 Å². The van der Waals surface area contributed by atoms with Gasteiger partial charge in [0.05, 0.1) is 6.20 Å². The molecule has 0 saturated carbocycles. The van der Waals surface area contributed by atoms with Gasteiger partial charge in [-0.15, -0.1) is 0 Å². The van der Waals surface area contributed by atoms with E-state index < -0.39 is 0 Å². The van der Waals surface area contributed by atoms with Gasteiger partial charge < -0.3 is 15.1 Å². The minimum Gasteiger partial charge on any atom is -0.444 e. The molecule has 0 saturated heterocycles. The zero-order valence-corrected chi connectivity index (χ0v) is 21.5. The molecule has 0 radical (unpaired) electrons. The average molecular weight is 552 g/mol. The Morgan fingerprint density at radius 3 is 1.92 bits per heavy atom. The van der Waals surface area contributed by atoms with E-state index in [2.05, 4.69) is 31.5 Å². The van der Waals surface area contributed by atoms with Crippen LogP contribution >= 0.6 is 15.9 Å². The molecule has 0 aliphatic carbocycles. The number of carbonyl (C=O) groups excluding carboxylic acids is 2. The van der Waals surface area contributed by atoms with Gasteiger partial charge in [-0.1, -0.05) is 34.1 Å². The van der Waals surface area contributed by atoms with Crippen molar-refractivity contribution >= 4 is 39.1 Å². The molecule has 182 valence electrons. The van der Waals surface area contributed by atoms with Gasteiger partial charge >= 0.3 is 0 Å². The Labute approximate surface area is 222 Å². The van der Waals surface area contributed by atoms with Gasteiger partial charge in [-0.05, 0) is 96.4 Å². The molecule has 2 N–H and O–H groups in total. The first-order valence-electron chi connectivity index (χ1n) is 11.5. The number of amides is 2. The number of aryl methyl sites for hydroxylation is 1. The number of nitrogens with one attached hydrogen (secondary N) is 2. The summed E-state index contributed by atoms with van der Waals surface area (Å²) < 4.78 is 6.21. The summed E-state index contributed by atoms with van der Waals surface area (Å²) in [5.41, 5.74) is 6.37. The zero-order chi connectivity index (χ0) is 25.8. The lowest BCUT2D eigenvalue weighted by Gasteiger charge is -2.12. The minimum atomic E-state index is -0.203. The van der Waals surface area contributed by atoms with Crippen LogP contribution in [0, 0.1) is 6.92 Å². The summed E-state index contributed by atoms with van der Waals surface area (Å²) in [5, 5.41) is 5.87. The Hall–Kier alpha value is -4.49. The fraction of sp³-hybridized carbons (Fsp3) is 0.0333. The molecule has 1 heterocycles. The summed E-state index contributed by atoms with van der Waals surface area (Å²) in [7, 11) is 0. The predicted molar refractivity (Wildman–Crippen MR) is 149 cm³/mol. The number of hydrogen-bond donors (Lipinski definition) is 2. The quantitative estimate of drug-likeness (QED) is 0.227. The first-order valence-corrected chi connectivity index (χ1v) is 12.3. The number of halogens is 1. The van der Waals surface area contributed by atoms with Gasteiger partial charge in [0.25, 0.3) is 11.8 Å². The van der Waals surface area contributed by atoms with Crippen LogP contribution in [0.15, 0.2) is 112 Å². The third kappa shape index (κ3) is 5.68. The Kier molecular flexibility index (Phi) is 6.96. The average Bonchev–Trinajstić information content (AvgIpc) is 3.46. The summed E-state index contributed by atoms with van der Waals surface area (Å²) in [6.45, 7) is 2.01. The van der Waals surface area contributed by atoms with Gasteiger partial charge in [0.1, 0.15) is 0 Å². The van der Waals surface area contributed by atoms with Gasteiger partial charge in [0, 0.05) is 32.5 Å². The van der Waals surface area contributed by atoms with Gasteiger partial charge in [-0.3, -0.25) is 9.59 Å². The van der Waals surface area contributed by atoms with Crippen LogP contribution in [-0.2, 0) is 0 Å². The monoisotopic (exact) mass is 551 g/mol. The molecule has 2 amide bonds. The molecular weight excluding hydrogens is 530 g/mol. The van der Waals surface area contributed by atoms with E-state index in [0.29, 0.717) is 28.3 Å². The van der Waals surface area contributed by atoms with Crippen LogP contribution in [-0.4, -0.2) is 16.8 Å². The maximum Gasteiger partial charge on any atom is 0.255 e. The van der Waals surface area contributed by atoms with Crippen molar-refractivity contribution in [3.8, 4) is 22.5 Å². The van der Waals surface area contributed by atoms with Crippen LogP contribution in [0.3, 0.4) is 0 Å². The molecule has 0 atom stereocenters. The van der Waals surface area contributed by atoms with Crippen molar-refractivity contribution in [3.63, 3.8) is 0 Å². The van der Waals surface area contributed by atoms with E-state index in [9.17, 15) is 9.59 Å². The second-order valence-corrected chi connectivity index (χ2v) is 9.38. The molecule has 37 heavy (non-hydrogen) atoms. The topological polar surface area (TPSA) is 84.2 Å². The largest absolute Gasteiger partial charge is 0.444 e. The highest BCUT2D eigenvalue weighted by Gasteiger charge is 2.11. The lowest BCUT2D eigenvalue weighted by molar-refractivity contribution is 0.101. The smallest absolute Gasteiger partial charge is 0.255 e. The van der Waals surface area contributed by atoms with Crippen LogP contribution in [0.4, 0.5) is 11.4 Å². The standard InChI is InChI=1S/C30H22BrN3O3/c1-19-2-13-26(34-30(36)23-7-11-24(31)12-8-23)16-27(19)20-3-5-22(6-4-20)29(35)33-25-14-9-21(10-15-25)28-17-32-18-37-28/h2-18H,1H3,(H,33,35)(H,34,36). The van der Waals surface area contributed by atoms with Crippen LogP contribution < -0.4 is 10.6 Å². The van der Waals surface area contributed by atoms with E-state index in [4.69, 9.17) is 4.42 Å². The molecule has 6 nitrogen and oxygen atoms in total. The van der Waals surface area contributed by atoms with E-state index in [1.54, 1.807) is 30.5 Å². The third-order valence-electron chi connectivity index (χ3n) is 5.92. The number of benzene rings is 4.